The van der Waals surface area contributed by atoms with Gasteiger partial charge in [0.2, 0.25) is 0 Å². The van der Waals surface area contributed by atoms with Crippen molar-refractivity contribution in [3.63, 3.8) is 0 Å². The fourth-order valence-electron chi connectivity index (χ4n) is 4.03. The molecule has 4 rings (SSSR count). The van der Waals surface area contributed by atoms with Crippen molar-refractivity contribution in [2.75, 3.05) is 25.6 Å². The minimum Gasteiger partial charge on any atom is -0.383 e. The topological polar surface area (TPSA) is 46.5 Å². The fourth-order valence-corrected chi connectivity index (χ4v) is 4.86. The molecular formula is C26H29N3O2S. The summed E-state index contributed by atoms with van der Waals surface area (Å²) >= 11 is 1.71. The van der Waals surface area contributed by atoms with Crippen LogP contribution in [-0.2, 0) is 24.8 Å². The predicted octanol–water partition coefficient (Wildman–Crippen LogP) is 6.15. The molecule has 6 heteroatoms. The van der Waals surface area contributed by atoms with Gasteiger partial charge >= 0.3 is 6.03 Å². The van der Waals surface area contributed by atoms with Crippen molar-refractivity contribution < 1.29 is 9.53 Å². The number of nitrogens with zero attached hydrogens (tertiary/aromatic N) is 2. The Hall–Kier alpha value is -3.09. The quantitative estimate of drug-likeness (QED) is 0.352. The van der Waals surface area contributed by atoms with Gasteiger partial charge in [-0.1, -0.05) is 43.3 Å². The minimum absolute atomic E-state index is 0.128. The van der Waals surface area contributed by atoms with Gasteiger partial charge in [0, 0.05) is 42.9 Å². The van der Waals surface area contributed by atoms with E-state index >= 15 is 0 Å². The molecule has 0 aliphatic heterocycles. The summed E-state index contributed by atoms with van der Waals surface area (Å²) in [4.78, 5) is 16.3. The molecule has 5 nitrogen and oxygen atoms in total. The van der Waals surface area contributed by atoms with Gasteiger partial charge < -0.3 is 19.5 Å². The third-order valence-corrected chi connectivity index (χ3v) is 6.66. The number of methoxy groups -OCH3 is 1. The molecule has 166 valence electrons. The van der Waals surface area contributed by atoms with E-state index in [-0.39, 0.29) is 6.03 Å². The van der Waals surface area contributed by atoms with Gasteiger partial charge in [0.15, 0.2) is 0 Å². The number of thiophene rings is 1. The van der Waals surface area contributed by atoms with Gasteiger partial charge in [0.1, 0.15) is 0 Å². The summed E-state index contributed by atoms with van der Waals surface area (Å²) in [5.41, 5.74) is 5.51. The number of anilines is 1. The Morgan fingerprint density at radius 1 is 1.09 bits per heavy atom. The molecule has 2 aromatic carbocycles. The average Bonchev–Trinajstić information content (AvgIpc) is 3.44. The average molecular weight is 448 g/mol. The third-order valence-electron chi connectivity index (χ3n) is 5.78. The van der Waals surface area contributed by atoms with Crippen molar-refractivity contribution in [3.8, 4) is 10.6 Å². The summed E-state index contributed by atoms with van der Waals surface area (Å²) in [6.07, 6.45) is 0.973. The molecular weight excluding hydrogens is 418 g/mol. The lowest BCUT2D eigenvalue weighted by Crippen LogP contribution is -2.37. The highest BCUT2D eigenvalue weighted by atomic mass is 32.1. The predicted molar refractivity (Wildman–Crippen MR) is 133 cm³/mol. The van der Waals surface area contributed by atoms with E-state index in [1.165, 1.54) is 15.8 Å². The SMILES string of the molecule is CCc1ccc(NC(=O)N(CCOC)Cc2c(-c3cccs3)n(C)c3ccccc23)cc1. The first-order valence-electron chi connectivity index (χ1n) is 10.9. The number of carbonyl (C=O) groups excluding carboxylic acids is 1. The fraction of sp³-hybridized carbons (Fsp3) is 0.269. The van der Waals surface area contributed by atoms with Crippen LogP contribution in [0.2, 0.25) is 0 Å². The second-order valence-corrected chi connectivity index (χ2v) is 8.72. The number of rotatable bonds is 8. The zero-order valence-corrected chi connectivity index (χ0v) is 19.6. The Kier molecular flexibility index (Phi) is 6.93. The molecule has 0 unspecified atom stereocenters. The number of nitrogens with one attached hydrogen (secondary N) is 1. The number of ether oxygens (including phenoxy) is 1. The molecule has 0 bridgehead atoms. The highest BCUT2D eigenvalue weighted by Crippen LogP contribution is 2.36. The molecule has 2 aromatic heterocycles. The van der Waals surface area contributed by atoms with E-state index < -0.39 is 0 Å². The van der Waals surface area contributed by atoms with Crippen LogP contribution in [-0.4, -0.2) is 35.8 Å². The maximum atomic E-state index is 13.3. The molecule has 1 N–H and O–H groups in total. The number of aryl methyl sites for hydroxylation is 2. The molecule has 0 spiro atoms. The van der Waals surface area contributed by atoms with Crippen LogP contribution in [0.3, 0.4) is 0 Å². The number of carbonyl (C=O) groups is 1. The lowest BCUT2D eigenvalue weighted by Gasteiger charge is -2.23. The van der Waals surface area contributed by atoms with Crippen LogP contribution in [0.5, 0.6) is 0 Å². The first kappa shape index (κ1) is 22.1. The van der Waals surface area contributed by atoms with E-state index in [0.717, 1.165) is 28.9 Å². The maximum absolute atomic E-state index is 13.3. The summed E-state index contributed by atoms with van der Waals surface area (Å²) in [5.74, 6) is 0. The van der Waals surface area contributed by atoms with Crippen LogP contribution in [0, 0.1) is 0 Å². The van der Waals surface area contributed by atoms with Gasteiger partial charge in [0.05, 0.1) is 23.7 Å². The normalized spacial score (nSPS) is 11.1. The maximum Gasteiger partial charge on any atom is 0.322 e. The van der Waals surface area contributed by atoms with E-state index in [4.69, 9.17) is 4.74 Å². The van der Waals surface area contributed by atoms with Crippen molar-refractivity contribution >= 4 is 34.0 Å². The molecule has 0 saturated carbocycles. The molecule has 0 fully saturated rings. The largest absolute Gasteiger partial charge is 0.383 e. The number of urea groups is 1. The monoisotopic (exact) mass is 447 g/mol. The second kappa shape index (κ2) is 10.0. The number of fused-ring (bicyclic) bond motifs is 1. The van der Waals surface area contributed by atoms with Crippen LogP contribution in [0.4, 0.5) is 10.5 Å². The molecule has 32 heavy (non-hydrogen) atoms. The first-order chi connectivity index (χ1) is 15.6. The Morgan fingerprint density at radius 2 is 1.88 bits per heavy atom. The summed E-state index contributed by atoms with van der Waals surface area (Å²) in [5, 5.41) is 6.32. The van der Waals surface area contributed by atoms with Crippen molar-refractivity contribution in [1.29, 1.82) is 0 Å². The molecule has 0 atom stereocenters. The molecule has 4 aromatic rings. The van der Waals surface area contributed by atoms with Crippen molar-refractivity contribution in [2.45, 2.75) is 19.9 Å². The van der Waals surface area contributed by atoms with E-state index in [9.17, 15) is 4.79 Å². The lowest BCUT2D eigenvalue weighted by molar-refractivity contribution is 0.153. The standard InChI is InChI=1S/C26H29N3O2S/c1-4-19-11-13-20(14-12-19)27-26(30)29(15-16-31-3)18-22-21-8-5-6-9-23(21)28(2)25(22)24-10-7-17-32-24/h5-14,17H,4,15-16,18H2,1-3H3,(H,27,30). The second-order valence-electron chi connectivity index (χ2n) is 7.78. The van der Waals surface area contributed by atoms with Crippen LogP contribution >= 0.6 is 11.3 Å². The summed E-state index contributed by atoms with van der Waals surface area (Å²) in [6, 6.07) is 20.5. The van der Waals surface area contributed by atoms with E-state index in [2.05, 4.69) is 77.8 Å². The zero-order valence-electron chi connectivity index (χ0n) is 18.8. The van der Waals surface area contributed by atoms with Crippen LogP contribution < -0.4 is 5.32 Å². The van der Waals surface area contributed by atoms with Gasteiger partial charge in [-0.25, -0.2) is 4.79 Å². The Bertz CT molecular complexity index is 1180. The molecule has 0 radical (unpaired) electrons. The molecule has 2 amide bonds. The summed E-state index contributed by atoms with van der Waals surface area (Å²) < 4.78 is 7.54. The Labute approximate surface area is 193 Å². The molecule has 0 aliphatic rings. The minimum atomic E-state index is -0.128. The summed E-state index contributed by atoms with van der Waals surface area (Å²) in [6.45, 7) is 3.59. The van der Waals surface area contributed by atoms with Crippen LogP contribution in [0.25, 0.3) is 21.5 Å². The van der Waals surface area contributed by atoms with Gasteiger partial charge in [-0.15, -0.1) is 11.3 Å². The van der Waals surface area contributed by atoms with Crippen molar-refractivity contribution in [2.24, 2.45) is 7.05 Å². The molecule has 0 saturated heterocycles. The highest BCUT2D eigenvalue weighted by molar-refractivity contribution is 7.13. The van der Waals surface area contributed by atoms with Gasteiger partial charge in [-0.2, -0.15) is 0 Å². The zero-order chi connectivity index (χ0) is 22.5. The Morgan fingerprint density at radius 3 is 2.56 bits per heavy atom. The number of benzene rings is 2. The number of hydrogen-bond donors (Lipinski definition) is 1. The van der Waals surface area contributed by atoms with Crippen LogP contribution in [0.15, 0.2) is 66.0 Å². The Balaban J connectivity index is 1.68. The van der Waals surface area contributed by atoms with E-state index in [1.54, 1.807) is 18.4 Å². The van der Waals surface area contributed by atoms with Gasteiger partial charge in [-0.3, -0.25) is 0 Å². The van der Waals surface area contributed by atoms with Crippen molar-refractivity contribution in [3.05, 3.63) is 77.2 Å². The third kappa shape index (κ3) is 4.56. The van der Waals surface area contributed by atoms with Gasteiger partial charge in [-0.05, 0) is 41.6 Å². The van der Waals surface area contributed by atoms with Crippen LogP contribution in [0.1, 0.15) is 18.1 Å². The smallest absolute Gasteiger partial charge is 0.322 e. The number of amides is 2. The molecule has 0 aliphatic carbocycles. The van der Waals surface area contributed by atoms with E-state index in [0.29, 0.717) is 19.7 Å². The highest BCUT2D eigenvalue weighted by Gasteiger charge is 2.22. The number of aromatic nitrogens is 1. The lowest BCUT2D eigenvalue weighted by atomic mass is 10.1. The molecule has 2 heterocycles. The van der Waals surface area contributed by atoms with E-state index in [1.807, 2.05) is 17.0 Å². The van der Waals surface area contributed by atoms with Gasteiger partial charge in [0.25, 0.3) is 0 Å². The summed E-state index contributed by atoms with van der Waals surface area (Å²) in [7, 11) is 3.75. The van der Waals surface area contributed by atoms with Crippen molar-refractivity contribution in [1.82, 2.24) is 9.47 Å². The number of para-hydroxylation sites is 1. The first-order valence-corrected chi connectivity index (χ1v) is 11.7. The number of hydrogen-bond acceptors (Lipinski definition) is 3.